The second-order valence-corrected chi connectivity index (χ2v) is 9.49. The molecule has 0 spiro atoms. The van der Waals surface area contributed by atoms with Gasteiger partial charge < -0.3 is 19.9 Å². The molecule has 0 fully saturated rings. The first kappa shape index (κ1) is 24.3. The number of benzene rings is 2. The van der Waals surface area contributed by atoms with Crippen molar-refractivity contribution >= 4 is 18.0 Å². The summed E-state index contributed by atoms with van der Waals surface area (Å²) < 4.78 is 11.0. The molecule has 7 nitrogen and oxygen atoms in total. The lowest BCUT2D eigenvalue weighted by Gasteiger charge is -2.26. The van der Waals surface area contributed by atoms with Crippen LogP contribution in [0.5, 0.6) is 0 Å². The fourth-order valence-electron chi connectivity index (χ4n) is 4.15. The van der Waals surface area contributed by atoms with Crippen molar-refractivity contribution in [1.29, 1.82) is 0 Å². The molecule has 0 saturated heterocycles. The minimum Gasteiger partial charge on any atom is -0.481 e. The summed E-state index contributed by atoms with van der Waals surface area (Å²) in [5, 5.41) is 11.6. The molecule has 0 aliphatic heterocycles. The Morgan fingerprint density at radius 2 is 1.55 bits per heavy atom. The highest BCUT2D eigenvalue weighted by Crippen LogP contribution is 2.44. The number of rotatable bonds is 8. The third-order valence-electron chi connectivity index (χ3n) is 5.49. The van der Waals surface area contributed by atoms with Crippen LogP contribution in [0.15, 0.2) is 48.5 Å². The van der Waals surface area contributed by atoms with Crippen LogP contribution in [0.1, 0.15) is 57.6 Å². The van der Waals surface area contributed by atoms with Crippen LogP contribution in [-0.4, -0.2) is 41.4 Å². The van der Waals surface area contributed by atoms with Crippen molar-refractivity contribution in [3.63, 3.8) is 0 Å². The maximum absolute atomic E-state index is 12.7. The van der Waals surface area contributed by atoms with E-state index in [4.69, 9.17) is 14.6 Å². The van der Waals surface area contributed by atoms with E-state index in [1.165, 1.54) is 0 Å². The largest absolute Gasteiger partial charge is 0.481 e. The minimum absolute atomic E-state index is 0.103. The first-order valence-corrected chi connectivity index (χ1v) is 11.1. The van der Waals surface area contributed by atoms with Gasteiger partial charge in [-0.05, 0) is 55.4 Å². The Morgan fingerprint density at radius 3 is 2.06 bits per heavy atom. The highest BCUT2D eigenvalue weighted by Gasteiger charge is 2.31. The van der Waals surface area contributed by atoms with Gasteiger partial charge in [0, 0.05) is 12.3 Å². The Kier molecular flexibility index (Phi) is 7.41. The molecule has 0 heterocycles. The molecule has 2 aromatic rings. The topological polar surface area (TPSA) is 102 Å². The zero-order valence-corrected chi connectivity index (χ0v) is 19.5. The van der Waals surface area contributed by atoms with Crippen molar-refractivity contribution in [1.82, 2.24) is 5.32 Å². The number of esters is 1. The number of ether oxygens (including phenoxy) is 2. The molecule has 0 bridgehead atoms. The lowest BCUT2D eigenvalue weighted by atomic mass is 9.98. The van der Waals surface area contributed by atoms with Crippen molar-refractivity contribution in [3.05, 3.63) is 59.7 Å². The Labute approximate surface area is 194 Å². The van der Waals surface area contributed by atoms with Crippen molar-refractivity contribution in [3.8, 4) is 11.1 Å². The number of carbonyl (C=O) groups excluding carboxylic acids is 2. The predicted molar refractivity (Wildman–Crippen MR) is 124 cm³/mol. The molecule has 0 radical (unpaired) electrons. The Bertz CT molecular complexity index is 980. The van der Waals surface area contributed by atoms with E-state index in [-0.39, 0.29) is 31.3 Å². The van der Waals surface area contributed by atoms with E-state index >= 15 is 0 Å². The average Bonchev–Trinajstić information content (AvgIpc) is 3.04. The van der Waals surface area contributed by atoms with Crippen LogP contribution in [0.25, 0.3) is 11.1 Å². The number of carbonyl (C=O) groups is 3. The molecule has 1 amide bonds. The first-order valence-electron chi connectivity index (χ1n) is 11.1. The Balaban J connectivity index is 1.68. The molecule has 2 aromatic carbocycles. The molecule has 2 N–H and O–H groups in total. The number of fused-ring (bicyclic) bond motifs is 3. The number of nitrogens with one attached hydrogen (secondary N) is 1. The van der Waals surface area contributed by atoms with Gasteiger partial charge >= 0.3 is 18.0 Å². The molecule has 2 unspecified atom stereocenters. The highest BCUT2D eigenvalue weighted by atomic mass is 16.6. The first-order chi connectivity index (χ1) is 15.5. The molecule has 1 aliphatic carbocycles. The quantitative estimate of drug-likeness (QED) is 0.560. The van der Waals surface area contributed by atoms with Crippen LogP contribution >= 0.6 is 0 Å². The number of carboxylic acids is 1. The molecular formula is C26H31NO6. The summed E-state index contributed by atoms with van der Waals surface area (Å²) in [6.45, 7) is 7.03. The van der Waals surface area contributed by atoms with Gasteiger partial charge in [-0.3, -0.25) is 4.79 Å². The van der Waals surface area contributed by atoms with Gasteiger partial charge in [0.1, 0.15) is 18.2 Å². The number of hydrogen-bond donors (Lipinski definition) is 2. The van der Waals surface area contributed by atoms with E-state index in [9.17, 15) is 14.4 Å². The summed E-state index contributed by atoms with van der Waals surface area (Å²) in [5.74, 6) is -2.03. The van der Waals surface area contributed by atoms with Gasteiger partial charge in [0.25, 0.3) is 0 Å². The molecule has 0 aromatic heterocycles. The number of aliphatic carboxylic acids is 1. The van der Waals surface area contributed by atoms with Crippen LogP contribution < -0.4 is 5.32 Å². The predicted octanol–water partition coefficient (Wildman–Crippen LogP) is 4.74. The normalized spacial score (nSPS) is 14.5. The van der Waals surface area contributed by atoms with Gasteiger partial charge in [0.05, 0.1) is 0 Å². The van der Waals surface area contributed by atoms with Gasteiger partial charge in [-0.15, -0.1) is 0 Å². The van der Waals surface area contributed by atoms with Crippen LogP contribution in [-0.2, 0) is 19.1 Å². The minimum atomic E-state index is -1.01. The van der Waals surface area contributed by atoms with Crippen LogP contribution in [0.3, 0.4) is 0 Å². The standard InChI is InChI=1S/C26H31NO6/c1-16(14-23(28)29)13-22(24(30)33-26(2,3)4)27-25(31)32-15-21-19-11-7-5-9-17(19)18-10-6-8-12-20(18)21/h5-12,16,21-22H,13-15H2,1-4H3,(H,27,31)(H,28,29). The SMILES string of the molecule is CC(CC(=O)O)CC(NC(=O)OCC1c2ccccc2-c2ccccc21)C(=O)OC(C)(C)C. The van der Waals surface area contributed by atoms with Gasteiger partial charge in [0.2, 0.25) is 0 Å². The zero-order valence-electron chi connectivity index (χ0n) is 19.5. The summed E-state index contributed by atoms with van der Waals surface area (Å²) in [4.78, 5) is 36.3. The molecule has 33 heavy (non-hydrogen) atoms. The van der Waals surface area contributed by atoms with Crippen LogP contribution in [0, 0.1) is 5.92 Å². The van der Waals surface area contributed by atoms with Crippen LogP contribution in [0.2, 0.25) is 0 Å². The second-order valence-electron chi connectivity index (χ2n) is 9.49. The number of alkyl carbamates (subject to hydrolysis) is 1. The fraction of sp³-hybridized carbons (Fsp3) is 0.423. The summed E-state index contributed by atoms with van der Waals surface area (Å²) in [7, 11) is 0. The average molecular weight is 454 g/mol. The van der Waals surface area contributed by atoms with Crippen LogP contribution in [0.4, 0.5) is 4.79 Å². The van der Waals surface area contributed by atoms with Gasteiger partial charge in [-0.2, -0.15) is 0 Å². The van der Waals surface area contributed by atoms with Gasteiger partial charge in [0.15, 0.2) is 0 Å². The molecule has 3 rings (SSSR count). The van der Waals surface area contributed by atoms with Gasteiger partial charge in [-0.25, -0.2) is 9.59 Å². The maximum Gasteiger partial charge on any atom is 0.407 e. The van der Waals surface area contributed by atoms with E-state index in [2.05, 4.69) is 17.4 Å². The lowest BCUT2D eigenvalue weighted by Crippen LogP contribution is -2.45. The number of carboxylic acid groups (broad SMARTS) is 1. The molecule has 0 saturated carbocycles. The fourth-order valence-corrected chi connectivity index (χ4v) is 4.15. The highest BCUT2D eigenvalue weighted by molar-refractivity contribution is 5.82. The monoisotopic (exact) mass is 453 g/mol. The third-order valence-corrected chi connectivity index (χ3v) is 5.49. The second kappa shape index (κ2) is 10.1. The molecule has 176 valence electrons. The molecule has 2 atom stereocenters. The summed E-state index contributed by atoms with van der Waals surface area (Å²) >= 11 is 0. The van der Waals surface area contributed by atoms with E-state index in [1.54, 1.807) is 27.7 Å². The van der Waals surface area contributed by atoms with E-state index in [1.807, 2.05) is 36.4 Å². The molecular weight excluding hydrogens is 422 g/mol. The van der Waals surface area contributed by atoms with E-state index in [0.717, 1.165) is 22.3 Å². The summed E-state index contributed by atoms with van der Waals surface area (Å²) in [5.41, 5.74) is 3.68. The smallest absolute Gasteiger partial charge is 0.407 e. The summed E-state index contributed by atoms with van der Waals surface area (Å²) in [6, 6.07) is 15.0. The molecule has 7 heteroatoms. The number of hydrogen-bond acceptors (Lipinski definition) is 5. The third kappa shape index (κ3) is 6.34. The Hall–Kier alpha value is -3.35. The van der Waals surface area contributed by atoms with Crippen molar-refractivity contribution < 1.29 is 29.0 Å². The van der Waals surface area contributed by atoms with E-state index < -0.39 is 29.7 Å². The number of amides is 1. The van der Waals surface area contributed by atoms with Crippen molar-refractivity contribution in [2.45, 2.75) is 58.1 Å². The maximum atomic E-state index is 12.7. The summed E-state index contributed by atoms with van der Waals surface area (Å²) in [6.07, 6.45) is -0.730. The van der Waals surface area contributed by atoms with Crippen molar-refractivity contribution in [2.24, 2.45) is 5.92 Å². The van der Waals surface area contributed by atoms with Gasteiger partial charge in [-0.1, -0.05) is 55.5 Å². The molecule has 1 aliphatic rings. The van der Waals surface area contributed by atoms with Crippen molar-refractivity contribution in [2.75, 3.05) is 6.61 Å². The lowest BCUT2D eigenvalue weighted by molar-refractivity contribution is -0.158. The Morgan fingerprint density at radius 1 is 1.00 bits per heavy atom. The zero-order chi connectivity index (χ0) is 24.2. The van der Waals surface area contributed by atoms with E-state index in [0.29, 0.717) is 0 Å².